The number of benzene rings is 1. The fourth-order valence-corrected chi connectivity index (χ4v) is 4.67. The first-order valence-electron chi connectivity index (χ1n) is 9.31. The maximum Gasteiger partial charge on any atom is 0.321 e. The molecule has 27 heavy (non-hydrogen) atoms. The molecule has 0 aliphatic carbocycles. The average Bonchev–Trinajstić information content (AvgIpc) is 2.62. The lowest BCUT2D eigenvalue weighted by Crippen LogP contribution is -2.46. The van der Waals surface area contributed by atoms with E-state index in [0.29, 0.717) is 5.92 Å². The van der Waals surface area contributed by atoms with Gasteiger partial charge in [-0.05, 0) is 56.0 Å². The predicted octanol–water partition coefficient (Wildman–Crippen LogP) is 5.76. The summed E-state index contributed by atoms with van der Waals surface area (Å²) in [5.41, 5.74) is 0.738. The van der Waals surface area contributed by atoms with Crippen LogP contribution in [-0.2, 0) is 0 Å². The highest BCUT2D eigenvalue weighted by Crippen LogP contribution is 2.42. The van der Waals surface area contributed by atoms with Crippen molar-refractivity contribution in [1.82, 2.24) is 10.2 Å². The van der Waals surface area contributed by atoms with E-state index in [4.69, 9.17) is 0 Å². The van der Waals surface area contributed by atoms with E-state index < -0.39 is 0 Å². The van der Waals surface area contributed by atoms with Crippen molar-refractivity contribution in [2.75, 3.05) is 13.1 Å². The van der Waals surface area contributed by atoms with Crippen molar-refractivity contribution in [2.45, 2.75) is 43.3 Å². The number of nitrogens with one attached hydrogen (secondary N) is 1. The van der Waals surface area contributed by atoms with Crippen molar-refractivity contribution in [1.29, 1.82) is 0 Å². The van der Waals surface area contributed by atoms with Crippen LogP contribution >= 0.6 is 11.8 Å². The minimum Gasteiger partial charge on any atom is -0.325 e. The number of carbonyl (C=O) groups is 1. The van der Waals surface area contributed by atoms with Gasteiger partial charge in [0.25, 0.3) is 0 Å². The number of allylic oxidation sites excluding steroid dienone is 4. The maximum absolute atomic E-state index is 13.5. The van der Waals surface area contributed by atoms with Crippen molar-refractivity contribution in [3.63, 3.8) is 0 Å². The van der Waals surface area contributed by atoms with E-state index in [1.165, 1.54) is 6.07 Å². The van der Waals surface area contributed by atoms with Crippen LogP contribution < -0.4 is 5.32 Å². The van der Waals surface area contributed by atoms with Crippen LogP contribution in [0, 0.1) is 11.7 Å². The summed E-state index contributed by atoms with van der Waals surface area (Å²) in [5, 5.41) is 2.93. The Hall–Kier alpha value is -2.01. The van der Waals surface area contributed by atoms with Crippen LogP contribution in [0.4, 0.5) is 9.18 Å². The summed E-state index contributed by atoms with van der Waals surface area (Å²) in [6, 6.07) is 6.68. The second kappa shape index (κ2) is 9.79. The number of rotatable bonds is 6. The highest BCUT2D eigenvalue weighted by Gasteiger charge is 2.34. The molecule has 2 amide bonds. The molecule has 1 aliphatic rings. The van der Waals surface area contributed by atoms with Gasteiger partial charge in [-0.2, -0.15) is 0 Å². The molecule has 1 fully saturated rings. The number of halogens is 1. The molecule has 2 rings (SSSR count). The number of hydrogen-bond acceptors (Lipinski definition) is 2. The van der Waals surface area contributed by atoms with Crippen LogP contribution in [0.15, 0.2) is 65.7 Å². The summed E-state index contributed by atoms with van der Waals surface area (Å²) in [4.78, 5) is 15.3. The van der Waals surface area contributed by atoms with Gasteiger partial charge in [-0.15, -0.1) is 11.8 Å². The Morgan fingerprint density at radius 1 is 1.37 bits per heavy atom. The lowest BCUT2D eigenvalue weighted by atomic mass is 9.86. The van der Waals surface area contributed by atoms with Gasteiger partial charge in [0.05, 0.1) is 0 Å². The second-order valence-corrected chi connectivity index (χ2v) is 8.94. The number of carbonyl (C=O) groups excluding carboxylic acids is 1. The van der Waals surface area contributed by atoms with Crippen molar-refractivity contribution in [3.8, 4) is 0 Å². The molecule has 146 valence electrons. The molecule has 1 saturated heterocycles. The molecule has 0 aromatic heterocycles. The molecule has 1 aliphatic heterocycles. The molecule has 1 aromatic carbocycles. The van der Waals surface area contributed by atoms with Gasteiger partial charge in [-0.1, -0.05) is 38.6 Å². The average molecular weight is 389 g/mol. The maximum atomic E-state index is 13.5. The zero-order valence-corrected chi connectivity index (χ0v) is 17.2. The molecule has 0 unspecified atom stereocenters. The van der Waals surface area contributed by atoms with Gasteiger partial charge in [0, 0.05) is 28.4 Å². The Labute approximate surface area is 166 Å². The Balaban J connectivity index is 1.92. The first-order valence-corrected chi connectivity index (χ1v) is 10.1. The Morgan fingerprint density at radius 3 is 2.67 bits per heavy atom. The monoisotopic (exact) mass is 388 g/mol. The van der Waals surface area contributed by atoms with E-state index in [1.807, 2.05) is 30.0 Å². The zero-order chi connectivity index (χ0) is 19.9. The molecule has 5 heteroatoms. The molecule has 0 radical (unpaired) electrons. The van der Waals surface area contributed by atoms with Crippen LogP contribution in [0.25, 0.3) is 0 Å². The first-order chi connectivity index (χ1) is 12.9. The quantitative estimate of drug-likeness (QED) is 0.496. The third-order valence-electron chi connectivity index (χ3n) is 4.84. The lowest BCUT2D eigenvalue weighted by molar-refractivity contribution is 0.164. The summed E-state index contributed by atoms with van der Waals surface area (Å²) >= 11 is 1.71. The fourth-order valence-electron chi connectivity index (χ4n) is 3.34. The van der Waals surface area contributed by atoms with E-state index in [0.717, 1.165) is 36.5 Å². The SMILES string of the molecule is C=C/C=C(\C=C/C)NC(=O)N1CCC(C(C)(C)Sc2cccc(F)c2)CC1. The van der Waals surface area contributed by atoms with Crippen LogP contribution in [0.2, 0.25) is 0 Å². The normalized spacial score (nSPS) is 16.6. The van der Waals surface area contributed by atoms with Crippen molar-refractivity contribution < 1.29 is 9.18 Å². The van der Waals surface area contributed by atoms with Gasteiger partial charge in [-0.25, -0.2) is 9.18 Å². The molecule has 0 saturated carbocycles. The van der Waals surface area contributed by atoms with E-state index >= 15 is 0 Å². The van der Waals surface area contributed by atoms with Crippen LogP contribution in [0.5, 0.6) is 0 Å². The number of thioether (sulfide) groups is 1. The van der Waals surface area contributed by atoms with E-state index in [-0.39, 0.29) is 16.6 Å². The molecular weight excluding hydrogens is 359 g/mol. The number of piperidine rings is 1. The first kappa shape index (κ1) is 21.3. The molecular formula is C22H29FN2OS. The fraction of sp³-hybridized carbons (Fsp3) is 0.409. The number of likely N-dealkylation sites (tertiary alicyclic amines) is 1. The third kappa shape index (κ3) is 6.28. The molecule has 0 atom stereocenters. The topological polar surface area (TPSA) is 32.3 Å². The molecule has 0 bridgehead atoms. The van der Waals surface area contributed by atoms with Gasteiger partial charge >= 0.3 is 6.03 Å². The van der Waals surface area contributed by atoms with Gasteiger partial charge < -0.3 is 10.2 Å². The van der Waals surface area contributed by atoms with E-state index in [9.17, 15) is 9.18 Å². The molecule has 3 nitrogen and oxygen atoms in total. The van der Waals surface area contributed by atoms with Crippen LogP contribution in [0.1, 0.15) is 33.6 Å². The highest BCUT2D eigenvalue weighted by atomic mass is 32.2. The minimum atomic E-state index is -0.202. The van der Waals surface area contributed by atoms with Gasteiger partial charge in [0.2, 0.25) is 0 Å². The standard InChI is InChI=1S/C22H29FN2OS/c1-5-8-19(9-6-2)24-21(26)25-14-12-17(13-15-25)22(3,4)27-20-11-7-10-18(23)16-20/h5-11,16-17H,1,12-15H2,2-4H3,(H,24,26)/b9-6-,19-8+. The molecule has 1 N–H and O–H groups in total. The van der Waals surface area contributed by atoms with Crippen molar-refractivity contribution in [3.05, 3.63) is 66.7 Å². The predicted molar refractivity (Wildman–Crippen MR) is 112 cm³/mol. The van der Waals surface area contributed by atoms with Crippen LogP contribution in [-0.4, -0.2) is 28.8 Å². The van der Waals surface area contributed by atoms with E-state index in [2.05, 4.69) is 25.7 Å². The zero-order valence-electron chi connectivity index (χ0n) is 16.4. The van der Waals surface area contributed by atoms with Gasteiger partial charge in [0.1, 0.15) is 5.82 Å². The summed E-state index contributed by atoms with van der Waals surface area (Å²) in [6.45, 7) is 11.5. The highest BCUT2D eigenvalue weighted by molar-refractivity contribution is 8.00. The van der Waals surface area contributed by atoms with Crippen molar-refractivity contribution in [2.24, 2.45) is 5.92 Å². The summed E-state index contributed by atoms with van der Waals surface area (Å²) < 4.78 is 13.4. The number of hydrogen-bond donors (Lipinski definition) is 1. The van der Waals surface area contributed by atoms with Crippen LogP contribution in [0.3, 0.4) is 0 Å². The lowest BCUT2D eigenvalue weighted by Gasteiger charge is -2.40. The smallest absolute Gasteiger partial charge is 0.321 e. The van der Waals surface area contributed by atoms with Gasteiger partial charge in [-0.3, -0.25) is 0 Å². The Bertz CT molecular complexity index is 719. The minimum absolute atomic E-state index is 0.0186. The Kier molecular flexibility index (Phi) is 7.72. The second-order valence-electron chi connectivity index (χ2n) is 7.21. The third-order valence-corrected chi connectivity index (χ3v) is 6.19. The van der Waals surface area contributed by atoms with E-state index in [1.54, 1.807) is 36.0 Å². The van der Waals surface area contributed by atoms with Gasteiger partial charge in [0.15, 0.2) is 0 Å². The summed E-state index contributed by atoms with van der Waals surface area (Å²) in [5.74, 6) is 0.264. The molecule has 0 spiro atoms. The largest absolute Gasteiger partial charge is 0.325 e. The number of nitrogens with zero attached hydrogens (tertiary/aromatic N) is 1. The summed E-state index contributed by atoms with van der Waals surface area (Å²) in [6.07, 6.45) is 9.05. The van der Waals surface area contributed by atoms with Crippen molar-refractivity contribution >= 4 is 17.8 Å². The number of urea groups is 1. The molecule has 1 heterocycles. The molecule has 1 aromatic rings. The Morgan fingerprint density at radius 2 is 2.07 bits per heavy atom. The number of amides is 2. The summed E-state index contributed by atoms with van der Waals surface area (Å²) in [7, 11) is 0.